The average molecular weight is 294 g/mol. The minimum atomic E-state index is -0.375. The smallest absolute Gasteiger partial charge is 0.163 e. The van der Waals surface area contributed by atoms with Crippen molar-refractivity contribution in [2.45, 2.75) is 26.2 Å². The molecule has 0 aliphatic rings. The van der Waals surface area contributed by atoms with Crippen LogP contribution in [0.25, 0.3) is 11.4 Å². The molecule has 2 rings (SSSR count). The Hall–Kier alpha value is -1.68. The number of nitrogens with one attached hydrogen (secondary N) is 1. The molecule has 0 unspecified atom stereocenters. The van der Waals surface area contributed by atoms with Crippen molar-refractivity contribution in [1.29, 1.82) is 0 Å². The van der Waals surface area contributed by atoms with Gasteiger partial charge in [0, 0.05) is 24.1 Å². The summed E-state index contributed by atoms with van der Waals surface area (Å²) in [5.41, 5.74) is 1.40. The van der Waals surface area contributed by atoms with Gasteiger partial charge in [-0.05, 0) is 18.2 Å². The van der Waals surface area contributed by atoms with Crippen molar-refractivity contribution in [3.8, 4) is 11.4 Å². The van der Waals surface area contributed by atoms with E-state index < -0.39 is 0 Å². The first kappa shape index (κ1) is 14.7. The quantitative estimate of drug-likeness (QED) is 0.898. The number of hydrogen-bond donors (Lipinski definition) is 1. The summed E-state index contributed by atoms with van der Waals surface area (Å²) in [6.45, 7) is 6.22. The van der Waals surface area contributed by atoms with Gasteiger partial charge in [0.25, 0.3) is 0 Å². The second-order valence-electron chi connectivity index (χ2n) is 5.59. The SMILES string of the molecule is CNc1cc(C(C)(C)C)nc(-c2ccc(F)cc2Cl)n1. The van der Waals surface area contributed by atoms with Crippen LogP contribution in [0.5, 0.6) is 0 Å². The number of benzene rings is 1. The van der Waals surface area contributed by atoms with E-state index in [1.165, 1.54) is 12.1 Å². The molecule has 2 aromatic rings. The number of rotatable bonds is 2. The molecular formula is C15H17ClFN3. The van der Waals surface area contributed by atoms with Gasteiger partial charge in [0.1, 0.15) is 11.6 Å². The molecule has 1 aromatic heterocycles. The molecule has 0 atom stereocenters. The third-order valence-electron chi connectivity index (χ3n) is 2.92. The molecule has 0 bridgehead atoms. The Morgan fingerprint density at radius 1 is 1.15 bits per heavy atom. The van der Waals surface area contributed by atoms with Gasteiger partial charge in [-0.3, -0.25) is 0 Å². The molecule has 1 heterocycles. The number of halogens is 2. The van der Waals surface area contributed by atoms with Gasteiger partial charge < -0.3 is 5.32 Å². The van der Waals surface area contributed by atoms with Gasteiger partial charge in [-0.1, -0.05) is 32.4 Å². The van der Waals surface area contributed by atoms with Crippen molar-refractivity contribution in [1.82, 2.24) is 9.97 Å². The standard InChI is InChI=1S/C15H17ClFN3/c1-15(2,3)12-8-13(18-4)20-14(19-12)10-6-5-9(17)7-11(10)16/h5-8H,1-4H3,(H,18,19,20). The first-order valence-electron chi connectivity index (χ1n) is 6.34. The highest BCUT2D eigenvalue weighted by Crippen LogP contribution is 2.29. The zero-order chi connectivity index (χ0) is 14.9. The molecule has 0 radical (unpaired) electrons. The zero-order valence-electron chi connectivity index (χ0n) is 12.0. The molecule has 20 heavy (non-hydrogen) atoms. The predicted molar refractivity (Wildman–Crippen MR) is 80.7 cm³/mol. The Kier molecular flexibility index (Phi) is 3.95. The summed E-state index contributed by atoms with van der Waals surface area (Å²) in [6, 6.07) is 6.12. The lowest BCUT2D eigenvalue weighted by Crippen LogP contribution is -2.15. The van der Waals surface area contributed by atoms with Crippen molar-refractivity contribution in [3.63, 3.8) is 0 Å². The lowest BCUT2D eigenvalue weighted by atomic mass is 9.92. The fraction of sp³-hybridized carbons (Fsp3) is 0.333. The molecule has 3 nitrogen and oxygen atoms in total. The van der Waals surface area contributed by atoms with Crippen molar-refractivity contribution in [2.24, 2.45) is 0 Å². The third kappa shape index (κ3) is 3.07. The maximum atomic E-state index is 13.1. The minimum absolute atomic E-state index is 0.115. The zero-order valence-corrected chi connectivity index (χ0v) is 12.7. The summed E-state index contributed by atoms with van der Waals surface area (Å²) in [6.07, 6.45) is 0. The molecule has 0 fully saturated rings. The van der Waals surface area contributed by atoms with Crippen LogP contribution in [-0.2, 0) is 5.41 Å². The molecule has 0 aliphatic heterocycles. The van der Waals surface area contributed by atoms with E-state index in [2.05, 4.69) is 36.1 Å². The monoisotopic (exact) mass is 293 g/mol. The number of anilines is 1. The second-order valence-corrected chi connectivity index (χ2v) is 5.99. The third-order valence-corrected chi connectivity index (χ3v) is 3.24. The molecule has 0 aliphatic carbocycles. The fourth-order valence-electron chi connectivity index (χ4n) is 1.75. The summed E-state index contributed by atoms with van der Waals surface area (Å²) in [4.78, 5) is 8.95. The second kappa shape index (κ2) is 5.37. The summed E-state index contributed by atoms with van der Waals surface area (Å²) in [5, 5.41) is 3.32. The van der Waals surface area contributed by atoms with Crippen LogP contribution in [0.3, 0.4) is 0 Å². The molecular weight excluding hydrogens is 277 g/mol. The lowest BCUT2D eigenvalue weighted by Gasteiger charge is -2.19. The summed E-state index contributed by atoms with van der Waals surface area (Å²) in [7, 11) is 1.80. The van der Waals surface area contributed by atoms with E-state index in [0.29, 0.717) is 22.2 Å². The first-order chi connectivity index (χ1) is 9.31. The Morgan fingerprint density at radius 3 is 2.40 bits per heavy atom. The van der Waals surface area contributed by atoms with Crippen molar-refractivity contribution < 1.29 is 4.39 Å². The van der Waals surface area contributed by atoms with Gasteiger partial charge >= 0.3 is 0 Å². The molecule has 1 N–H and O–H groups in total. The highest BCUT2D eigenvalue weighted by atomic mass is 35.5. The van der Waals surface area contributed by atoms with Crippen LogP contribution in [0.4, 0.5) is 10.2 Å². The van der Waals surface area contributed by atoms with Crippen LogP contribution in [0.15, 0.2) is 24.3 Å². The van der Waals surface area contributed by atoms with Crippen molar-refractivity contribution in [3.05, 3.63) is 40.8 Å². The van der Waals surface area contributed by atoms with E-state index >= 15 is 0 Å². The Labute approximate surface area is 123 Å². The maximum absolute atomic E-state index is 13.1. The Balaban J connectivity index is 2.61. The van der Waals surface area contributed by atoms with Crippen LogP contribution < -0.4 is 5.32 Å². The van der Waals surface area contributed by atoms with E-state index in [9.17, 15) is 4.39 Å². The first-order valence-corrected chi connectivity index (χ1v) is 6.72. The van der Waals surface area contributed by atoms with E-state index in [4.69, 9.17) is 11.6 Å². The van der Waals surface area contributed by atoms with E-state index in [1.807, 2.05) is 6.07 Å². The van der Waals surface area contributed by atoms with E-state index in [1.54, 1.807) is 13.1 Å². The number of aromatic nitrogens is 2. The van der Waals surface area contributed by atoms with Crippen LogP contribution in [0.2, 0.25) is 5.02 Å². The summed E-state index contributed by atoms with van der Waals surface area (Å²) in [5.74, 6) is 0.826. The predicted octanol–water partition coefficient (Wildman–Crippen LogP) is 4.28. The van der Waals surface area contributed by atoms with Gasteiger partial charge in [-0.2, -0.15) is 0 Å². The van der Waals surface area contributed by atoms with Gasteiger partial charge in [-0.25, -0.2) is 14.4 Å². The Bertz CT molecular complexity index is 636. The fourth-order valence-corrected chi connectivity index (χ4v) is 2.00. The molecule has 0 saturated heterocycles. The van der Waals surface area contributed by atoms with Crippen LogP contribution >= 0.6 is 11.6 Å². The molecule has 0 spiro atoms. The molecule has 1 aromatic carbocycles. The summed E-state index contributed by atoms with van der Waals surface area (Å²) >= 11 is 6.09. The Morgan fingerprint density at radius 2 is 1.85 bits per heavy atom. The summed E-state index contributed by atoms with van der Waals surface area (Å²) < 4.78 is 13.1. The van der Waals surface area contributed by atoms with Crippen LogP contribution in [-0.4, -0.2) is 17.0 Å². The van der Waals surface area contributed by atoms with Crippen molar-refractivity contribution in [2.75, 3.05) is 12.4 Å². The van der Waals surface area contributed by atoms with E-state index in [0.717, 1.165) is 5.69 Å². The molecule has 0 saturated carbocycles. The average Bonchev–Trinajstić information content (AvgIpc) is 2.37. The highest BCUT2D eigenvalue weighted by molar-refractivity contribution is 6.33. The van der Waals surface area contributed by atoms with Gasteiger partial charge in [-0.15, -0.1) is 0 Å². The van der Waals surface area contributed by atoms with E-state index in [-0.39, 0.29) is 11.2 Å². The molecule has 5 heteroatoms. The normalized spacial score (nSPS) is 11.5. The largest absolute Gasteiger partial charge is 0.373 e. The highest BCUT2D eigenvalue weighted by Gasteiger charge is 2.19. The number of nitrogens with zero attached hydrogens (tertiary/aromatic N) is 2. The van der Waals surface area contributed by atoms with Gasteiger partial charge in [0.05, 0.1) is 10.7 Å². The topological polar surface area (TPSA) is 37.8 Å². The minimum Gasteiger partial charge on any atom is -0.373 e. The lowest BCUT2D eigenvalue weighted by molar-refractivity contribution is 0.568. The molecule has 0 amide bonds. The van der Waals surface area contributed by atoms with Crippen molar-refractivity contribution >= 4 is 17.4 Å². The maximum Gasteiger partial charge on any atom is 0.163 e. The molecule has 106 valence electrons. The number of hydrogen-bond acceptors (Lipinski definition) is 3. The van der Waals surface area contributed by atoms with Crippen LogP contribution in [0.1, 0.15) is 26.5 Å². The van der Waals surface area contributed by atoms with Gasteiger partial charge in [0.15, 0.2) is 5.82 Å². The van der Waals surface area contributed by atoms with Gasteiger partial charge in [0.2, 0.25) is 0 Å². The van der Waals surface area contributed by atoms with Crippen LogP contribution in [0, 0.1) is 5.82 Å².